The van der Waals surface area contributed by atoms with Crippen LogP contribution in [0.2, 0.25) is 0 Å². The van der Waals surface area contributed by atoms with Crippen molar-refractivity contribution in [3.8, 4) is 0 Å². The highest BCUT2D eigenvalue weighted by molar-refractivity contribution is 5.92. The van der Waals surface area contributed by atoms with Gasteiger partial charge in [0, 0.05) is 6.42 Å². The van der Waals surface area contributed by atoms with Crippen LogP contribution in [-0.4, -0.2) is 27.7 Å². The Hall–Kier alpha value is -0.670. The van der Waals surface area contributed by atoms with Crippen LogP contribution in [0.1, 0.15) is 58.3 Å². The lowest BCUT2D eigenvalue weighted by atomic mass is 9.50. The number of carbonyl (C=O) groups excluding carboxylic acids is 1. The van der Waals surface area contributed by atoms with Gasteiger partial charge >= 0.3 is 0 Å². The Morgan fingerprint density at radius 1 is 1.10 bits per heavy atom. The van der Waals surface area contributed by atoms with Gasteiger partial charge in [0.15, 0.2) is 5.78 Å². The van der Waals surface area contributed by atoms with Crippen LogP contribution in [0, 0.1) is 23.2 Å². The molecule has 0 saturated heterocycles. The predicted molar refractivity (Wildman–Crippen MR) is 79.6 cm³/mol. The van der Waals surface area contributed by atoms with Gasteiger partial charge in [0.2, 0.25) is 0 Å². The highest BCUT2D eigenvalue weighted by Crippen LogP contribution is 2.62. The molecule has 0 aromatic carbocycles. The minimum Gasteiger partial charge on any atom is -0.393 e. The van der Waals surface area contributed by atoms with Crippen molar-refractivity contribution in [2.45, 2.75) is 70.0 Å². The van der Waals surface area contributed by atoms with Gasteiger partial charge in [-0.25, -0.2) is 0 Å². The molecule has 116 valence electrons. The quantitative estimate of drug-likeness (QED) is 0.721. The lowest BCUT2D eigenvalue weighted by Crippen LogP contribution is -2.55. The van der Waals surface area contributed by atoms with E-state index in [1.165, 1.54) is 0 Å². The molecule has 6 atom stereocenters. The molecule has 4 rings (SSSR count). The molecule has 3 heteroatoms. The number of aliphatic hydroxyl groups is 2. The second-order valence-corrected chi connectivity index (χ2v) is 8.11. The summed E-state index contributed by atoms with van der Waals surface area (Å²) in [5, 5.41) is 21.7. The van der Waals surface area contributed by atoms with Crippen molar-refractivity contribution in [2.24, 2.45) is 23.2 Å². The molecule has 0 heterocycles. The summed E-state index contributed by atoms with van der Waals surface area (Å²) in [6.07, 6.45) is 8.67. The third-order valence-corrected chi connectivity index (χ3v) is 7.39. The first-order valence-corrected chi connectivity index (χ1v) is 8.59. The molecule has 3 saturated carbocycles. The van der Waals surface area contributed by atoms with Crippen LogP contribution in [0.3, 0.4) is 0 Å². The highest BCUT2D eigenvalue weighted by Gasteiger charge is 2.59. The van der Waals surface area contributed by atoms with Crippen molar-refractivity contribution < 1.29 is 15.0 Å². The summed E-state index contributed by atoms with van der Waals surface area (Å²) < 4.78 is 0. The van der Waals surface area contributed by atoms with Crippen molar-refractivity contribution in [3.63, 3.8) is 0 Å². The predicted octanol–water partition coefficient (Wildman–Crippen LogP) is 2.60. The van der Waals surface area contributed by atoms with Gasteiger partial charge in [-0.1, -0.05) is 6.92 Å². The van der Waals surface area contributed by atoms with Gasteiger partial charge in [0.05, 0.1) is 11.7 Å². The summed E-state index contributed by atoms with van der Waals surface area (Å²) >= 11 is 0. The molecule has 0 aromatic rings. The lowest BCUT2D eigenvalue weighted by Gasteiger charge is -2.56. The van der Waals surface area contributed by atoms with E-state index in [0.29, 0.717) is 30.6 Å². The van der Waals surface area contributed by atoms with Gasteiger partial charge in [0.1, 0.15) is 0 Å². The average molecular weight is 290 g/mol. The molecule has 21 heavy (non-hydrogen) atoms. The van der Waals surface area contributed by atoms with Crippen LogP contribution in [0.25, 0.3) is 0 Å². The standard InChI is InChI=1S/C18H26O3/c1-17-8-7-15-13(14(17)4-5-16(17)20)3-2-11-10-12(19)6-9-18(11,15)21/h10,13-16,20-21H,2-9H2,1H3. The first-order valence-electron chi connectivity index (χ1n) is 8.59. The average Bonchev–Trinajstić information content (AvgIpc) is 2.76. The summed E-state index contributed by atoms with van der Waals surface area (Å²) in [5.41, 5.74) is 0.330. The monoisotopic (exact) mass is 290 g/mol. The SMILES string of the molecule is CC12CCC3C(CCC4=CC(=O)CCC43O)C1CCC2O. The van der Waals surface area contributed by atoms with Crippen LogP contribution >= 0.6 is 0 Å². The molecule has 0 amide bonds. The van der Waals surface area contributed by atoms with Crippen molar-refractivity contribution in [1.82, 2.24) is 0 Å². The molecule has 3 fully saturated rings. The Bertz CT molecular complexity index is 511. The van der Waals surface area contributed by atoms with E-state index in [-0.39, 0.29) is 17.3 Å². The van der Waals surface area contributed by atoms with Crippen LogP contribution in [0.15, 0.2) is 11.6 Å². The highest BCUT2D eigenvalue weighted by atomic mass is 16.3. The largest absolute Gasteiger partial charge is 0.393 e. The Morgan fingerprint density at radius 3 is 2.71 bits per heavy atom. The second kappa shape index (κ2) is 4.42. The summed E-state index contributed by atoms with van der Waals surface area (Å²) in [6, 6.07) is 0. The first kappa shape index (κ1) is 14.0. The van der Waals surface area contributed by atoms with Crippen molar-refractivity contribution in [2.75, 3.05) is 0 Å². The smallest absolute Gasteiger partial charge is 0.155 e. The number of aliphatic hydroxyl groups excluding tert-OH is 1. The molecule has 4 aliphatic rings. The Morgan fingerprint density at radius 2 is 1.90 bits per heavy atom. The van der Waals surface area contributed by atoms with Gasteiger partial charge in [0.25, 0.3) is 0 Å². The maximum Gasteiger partial charge on any atom is 0.155 e. The fourth-order valence-corrected chi connectivity index (χ4v) is 6.16. The molecule has 4 aliphatic carbocycles. The Kier molecular flexibility index (Phi) is 2.94. The number of fused-ring (bicyclic) bond motifs is 5. The van der Waals surface area contributed by atoms with E-state index < -0.39 is 5.60 Å². The van der Waals surface area contributed by atoms with E-state index in [4.69, 9.17) is 0 Å². The zero-order chi connectivity index (χ0) is 14.8. The second-order valence-electron chi connectivity index (χ2n) is 8.11. The fraction of sp³-hybridized carbons (Fsp3) is 0.833. The third kappa shape index (κ3) is 1.77. The van der Waals surface area contributed by atoms with Gasteiger partial charge in [-0.2, -0.15) is 0 Å². The topological polar surface area (TPSA) is 57.5 Å². The zero-order valence-corrected chi connectivity index (χ0v) is 12.8. The minimum atomic E-state index is -0.730. The molecule has 0 spiro atoms. The number of hydrogen-bond donors (Lipinski definition) is 2. The van der Waals surface area contributed by atoms with E-state index in [1.807, 2.05) is 0 Å². The van der Waals surface area contributed by atoms with Crippen LogP contribution in [-0.2, 0) is 4.79 Å². The summed E-state index contributed by atoms with van der Waals surface area (Å²) in [4.78, 5) is 11.7. The first-order chi connectivity index (χ1) is 9.95. The van der Waals surface area contributed by atoms with Gasteiger partial charge in [-0.3, -0.25) is 4.79 Å². The maximum atomic E-state index is 11.7. The number of hydrogen-bond acceptors (Lipinski definition) is 3. The number of carbonyl (C=O) groups is 1. The number of rotatable bonds is 0. The molecule has 0 radical (unpaired) electrons. The maximum absolute atomic E-state index is 11.7. The summed E-state index contributed by atoms with van der Waals surface area (Å²) in [7, 11) is 0. The Balaban J connectivity index is 1.69. The van der Waals surface area contributed by atoms with Crippen molar-refractivity contribution in [3.05, 3.63) is 11.6 Å². The number of ketones is 1. The molecule has 0 bridgehead atoms. The molecule has 3 nitrogen and oxygen atoms in total. The van der Waals surface area contributed by atoms with E-state index in [1.54, 1.807) is 6.08 Å². The van der Waals surface area contributed by atoms with Crippen LogP contribution in [0.5, 0.6) is 0 Å². The van der Waals surface area contributed by atoms with E-state index >= 15 is 0 Å². The van der Waals surface area contributed by atoms with Crippen LogP contribution in [0.4, 0.5) is 0 Å². The molecule has 2 N–H and O–H groups in total. The zero-order valence-electron chi connectivity index (χ0n) is 12.8. The van der Waals surface area contributed by atoms with Gasteiger partial charge < -0.3 is 10.2 Å². The molecule has 0 aliphatic heterocycles. The summed E-state index contributed by atoms with van der Waals surface area (Å²) in [5.74, 6) is 1.56. The molecular formula is C18H26O3. The van der Waals surface area contributed by atoms with Crippen LogP contribution < -0.4 is 0 Å². The molecular weight excluding hydrogens is 264 g/mol. The van der Waals surface area contributed by atoms with Crippen molar-refractivity contribution >= 4 is 5.78 Å². The lowest BCUT2D eigenvalue weighted by molar-refractivity contribution is -0.129. The Labute approximate surface area is 126 Å². The van der Waals surface area contributed by atoms with E-state index in [2.05, 4.69) is 6.92 Å². The minimum absolute atomic E-state index is 0.0588. The molecule has 6 unspecified atom stereocenters. The third-order valence-electron chi connectivity index (χ3n) is 7.39. The fourth-order valence-electron chi connectivity index (χ4n) is 6.16. The molecule has 0 aromatic heterocycles. The summed E-state index contributed by atoms with van der Waals surface area (Å²) in [6.45, 7) is 2.26. The van der Waals surface area contributed by atoms with Gasteiger partial charge in [-0.05, 0) is 79.8 Å². The van der Waals surface area contributed by atoms with Crippen molar-refractivity contribution in [1.29, 1.82) is 0 Å². The normalized spacial score (nSPS) is 52.7. The van der Waals surface area contributed by atoms with E-state index in [9.17, 15) is 15.0 Å². The van der Waals surface area contributed by atoms with Gasteiger partial charge in [-0.15, -0.1) is 0 Å². The van der Waals surface area contributed by atoms with E-state index in [0.717, 1.165) is 44.1 Å².